The van der Waals surface area contributed by atoms with Crippen LogP contribution in [0.5, 0.6) is 0 Å². The topological polar surface area (TPSA) is 81.2 Å². The lowest BCUT2D eigenvalue weighted by Crippen LogP contribution is -1.98. The minimum absolute atomic E-state index is 0.508. The molecule has 0 radical (unpaired) electrons. The molecule has 0 saturated carbocycles. The van der Waals surface area contributed by atoms with Gasteiger partial charge in [-0.1, -0.05) is 91.0 Å². The van der Waals surface area contributed by atoms with Crippen LogP contribution in [0.25, 0.3) is 77.2 Å². The SMILES string of the molecule is N#Cc1ccc2c(c1)c1ccc(C#N)cc1n2-c1ccc(-c2ccc(-c3ccccc3-n3c4ccccc4c4ccccc43)cc2)cc1C#N. The molecule has 0 saturated heterocycles. The fourth-order valence-corrected chi connectivity index (χ4v) is 7.36. The second kappa shape index (κ2) is 11.4. The number of hydrogen-bond acceptors (Lipinski definition) is 3. The Labute approximate surface area is 287 Å². The number of rotatable bonds is 4. The van der Waals surface area contributed by atoms with Gasteiger partial charge in [-0.2, -0.15) is 15.8 Å². The number of para-hydroxylation sites is 3. The summed E-state index contributed by atoms with van der Waals surface area (Å²) >= 11 is 0. The van der Waals surface area contributed by atoms with Crippen molar-refractivity contribution < 1.29 is 0 Å². The van der Waals surface area contributed by atoms with Gasteiger partial charge in [0.25, 0.3) is 0 Å². The second-order valence-electron chi connectivity index (χ2n) is 12.3. The van der Waals surface area contributed by atoms with Crippen LogP contribution in [0.3, 0.4) is 0 Å². The van der Waals surface area contributed by atoms with E-state index in [1.54, 1.807) is 12.1 Å². The van der Waals surface area contributed by atoms with Crippen molar-refractivity contribution in [2.75, 3.05) is 0 Å². The first-order valence-electron chi connectivity index (χ1n) is 16.3. The molecule has 5 heteroatoms. The first-order valence-corrected chi connectivity index (χ1v) is 16.3. The lowest BCUT2D eigenvalue weighted by molar-refractivity contribution is 1.17. The predicted octanol–water partition coefficient (Wildman–Crippen LogP) is 10.8. The molecule has 2 heterocycles. The Hall–Kier alpha value is -7.39. The average molecular weight is 636 g/mol. The van der Waals surface area contributed by atoms with Gasteiger partial charge in [0.2, 0.25) is 0 Å². The van der Waals surface area contributed by atoms with Crippen molar-refractivity contribution in [2.45, 2.75) is 0 Å². The minimum atomic E-state index is 0.508. The van der Waals surface area contributed by atoms with Crippen LogP contribution in [0.4, 0.5) is 0 Å². The molecule has 0 spiro atoms. The molecule has 5 nitrogen and oxygen atoms in total. The smallest absolute Gasteiger partial charge is 0.101 e. The van der Waals surface area contributed by atoms with Gasteiger partial charge in [0.1, 0.15) is 6.07 Å². The third-order valence-electron chi connectivity index (χ3n) is 9.64. The highest BCUT2D eigenvalue weighted by Gasteiger charge is 2.18. The van der Waals surface area contributed by atoms with Crippen molar-refractivity contribution in [3.05, 3.63) is 168 Å². The highest BCUT2D eigenvalue weighted by atomic mass is 15.0. The molecule has 0 amide bonds. The third-order valence-corrected chi connectivity index (χ3v) is 9.64. The van der Waals surface area contributed by atoms with Crippen LogP contribution in [-0.2, 0) is 0 Å². The Morgan fingerprint density at radius 3 is 1.64 bits per heavy atom. The number of fused-ring (bicyclic) bond motifs is 6. The van der Waals surface area contributed by atoms with Crippen molar-refractivity contribution >= 4 is 43.6 Å². The summed E-state index contributed by atoms with van der Waals surface area (Å²) in [5, 5.41) is 33.9. The van der Waals surface area contributed by atoms with E-state index in [0.29, 0.717) is 22.4 Å². The van der Waals surface area contributed by atoms with Gasteiger partial charge in [-0.05, 0) is 77.4 Å². The van der Waals surface area contributed by atoms with E-state index in [9.17, 15) is 15.8 Å². The molecule has 2 aromatic heterocycles. The Morgan fingerprint density at radius 2 is 0.920 bits per heavy atom. The molecule has 7 aromatic carbocycles. The van der Waals surface area contributed by atoms with E-state index < -0.39 is 0 Å². The molecular formula is C45H25N5. The number of benzene rings is 7. The molecule has 0 aliphatic rings. The van der Waals surface area contributed by atoms with E-state index in [4.69, 9.17) is 0 Å². The van der Waals surface area contributed by atoms with E-state index in [1.807, 2.05) is 47.0 Å². The second-order valence-corrected chi connectivity index (χ2v) is 12.3. The van der Waals surface area contributed by atoms with Gasteiger partial charge in [-0.3, -0.25) is 0 Å². The van der Waals surface area contributed by atoms with Gasteiger partial charge in [-0.15, -0.1) is 0 Å². The van der Waals surface area contributed by atoms with E-state index in [0.717, 1.165) is 49.7 Å². The molecule has 9 rings (SSSR count). The van der Waals surface area contributed by atoms with Gasteiger partial charge in [0.15, 0.2) is 0 Å². The quantitative estimate of drug-likeness (QED) is 0.193. The standard InChI is InChI=1S/C45H25N5/c46-26-29-14-21-44-39(23-29)38-20-13-30(27-47)24-45(38)49(44)40-22-19-33(25-34(40)28-48)31-15-17-32(18-16-31)35-7-1-4-10-41(35)50-42-11-5-2-8-36(42)37-9-3-6-12-43(37)50/h1-25H. The monoisotopic (exact) mass is 635 g/mol. The normalized spacial score (nSPS) is 11.1. The fourth-order valence-electron chi connectivity index (χ4n) is 7.36. The summed E-state index contributed by atoms with van der Waals surface area (Å²) < 4.78 is 4.37. The zero-order valence-electron chi connectivity index (χ0n) is 26.7. The molecule has 0 aliphatic carbocycles. The molecule has 0 fully saturated rings. The molecule has 0 unspecified atom stereocenters. The van der Waals surface area contributed by atoms with Gasteiger partial charge in [-0.25, -0.2) is 0 Å². The Balaban J connectivity index is 1.14. The average Bonchev–Trinajstić information content (AvgIpc) is 3.69. The summed E-state index contributed by atoms with van der Waals surface area (Å²) in [5.41, 5.74) is 11.6. The summed E-state index contributed by atoms with van der Waals surface area (Å²) in [5.74, 6) is 0. The largest absolute Gasteiger partial charge is 0.309 e. The zero-order valence-corrected chi connectivity index (χ0v) is 26.7. The maximum absolute atomic E-state index is 10.4. The zero-order chi connectivity index (χ0) is 33.8. The van der Waals surface area contributed by atoms with E-state index in [-0.39, 0.29) is 0 Å². The summed E-state index contributed by atoms with van der Waals surface area (Å²) in [6.45, 7) is 0. The molecule has 0 aliphatic heterocycles. The predicted molar refractivity (Wildman–Crippen MR) is 200 cm³/mol. The number of nitrogens with zero attached hydrogens (tertiary/aromatic N) is 5. The van der Waals surface area contributed by atoms with Crippen LogP contribution in [0.2, 0.25) is 0 Å². The van der Waals surface area contributed by atoms with Crippen molar-refractivity contribution in [3.8, 4) is 51.8 Å². The summed E-state index contributed by atoms with van der Waals surface area (Å²) in [4.78, 5) is 0. The van der Waals surface area contributed by atoms with Crippen LogP contribution in [0.15, 0.2) is 152 Å². The molecule has 50 heavy (non-hydrogen) atoms. The van der Waals surface area contributed by atoms with Crippen molar-refractivity contribution in [1.29, 1.82) is 15.8 Å². The molecule has 0 atom stereocenters. The Bertz CT molecular complexity index is 2900. The minimum Gasteiger partial charge on any atom is -0.309 e. The van der Waals surface area contributed by atoms with Crippen LogP contribution in [0.1, 0.15) is 16.7 Å². The summed E-state index contributed by atoms with van der Waals surface area (Å²) in [6.07, 6.45) is 0. The highest BCUT2D eigenvalue weighted by Crippen LogP contribution is 2.38. The van der Waals surface area contributed by atoms with Crippen LogP contribution in [-0.4, -0.2) is 9.13 Å². The van der Waals surface area contributed by atoms with Crippen LogP contribution in [0, 0.1) is 34.0 Å². The number of nitriles is 3. The van der Waals surface area contributed by atoms with Crippen molar-refractivity contribution in [1.82, 2.24) is 9.13 Å². The summed E-state index contributed by atoms with van der Waals surface area (Å²) in [6, 6.07) is 58.0. The molecular weight excluding hydrogens is 611 g/mol. The van der Waals surface area contributed by atoms with E-state index >= 15 is 0 Å². The maximum atomic E-state index is 10.4. The third kappa shape index (κ3) is 4.38. The Kier molecular flexibility index (Phi) is 6.56. The van der Waals surface area contributed by atoms with Gasteiger partial charge in [0, 0.05) is 27.1 Å². The highest BCUT2D eigenvalue weighted by molar-refractivity contribution is 6.11. The lowest BCUT2D eigenvalue weighted by Gasteiger charge is -2.15. The van der Waals surface area contributed by atoms with E-state index in [2.05, 4.69) is 120 Å². The van der Waals surface area contributed by atoms with Crippen LogP contribution >= 0.6 is 0 Å². The van der Waals surface area contributed by atoms with Gasteiger partial charge in [0.05, 0.1) is 62.3 Å². The molecule has 9 aromatic rings. The van der Waals surface area contributed by atoms with Gasteiger partial charge < -0.3 is 9.13 Å². The molecule has 0 bridgehead atoms. The molecule has 0 N–H and O–H groups in total. The fraction of sp³-hybridized carbons (Fsp3) is 0. The van der Waals surface area contributed by atoms with E-state index in [1.165, 1.54) is 21.8 Å². The summed E-state index contributed by atoms with van der Waals surface area (Å²) in [7, 11) is 0. The first kappa shape index (κ1) is 28.8. The van der Waals surface area contributed by atoms with Gasteiger partial charge >= 0.3 is 0 Å². The Morgan fingerprint density at radius 1 is 0.360 bits per heavy atom. The maximum Gasteiger partial charge on any atom is 0.101 e. The molecule has 230 valence electrons. The van der Waals surface area contributed by atoms with Crippen molar-refractivity contribution in [3.63, 3.8) is 0 Å². The lowest BCUT2D eigenvalue weighted by atomic mass is 9.97. The number of aromatic nitrogens is 2. The van der Waals surface area contributed by atoms with Crippen molar-refractivity contribution in [2.24, 2.45) is 0 Å². The number of hydrogen-bond donors (Lipinski definition) is 0. The first-order chi connectivity index (χ1) is 24.7. The van der Waals surface area contributed by atoms with Crippen LogP contribution < -0.4 is 0 Å².